The second-order valence-corrected chi connectivity index (χ2v) is 8.69. The van der Waals surface area contributed by atoms with Crippen LogP contribution in [0.3, 0.4) is 0 Å². The lowest BCUT2D eigenvalue weighted by molar-refractivity contribution is 0.0528. The fraction of sp³-hybridized carbons (Fsp3) is 0.375. The number of nitrogens with zero attached hydrogens (tertiary/aromatic N) is 1. The molecule has 0 aliphatic rings. The van der Waals surface area contributed by atoms with E-state index in [2.05, 4.69) is 24.1 Å². The molecule has 0 radical (unpaired) electrons. The van der Waals surface area contributed by atoms with Gasteiger partial charge in [0.1, 0.15) is 16.1 Å². The molecule has 0 saturated heterocycles. The highest BCUT2D eigenvalue weighted by Gasteiger charge is 2.22. The van der Waals surface area contributed by atoms with E-state index in [-0.39, 0.29) is 23.6 Å². The minimum absolute atomic E-state index is 0.0994. The maximum absolute atomic E-state index is 13.0. The number of amides is 1. The van der Waals surface area contributed by atoms with E-state index in [1.165, 1.54) is 11.3 Å². The molecule has 7 nitrogen and oxygen atoms in total. The van der Waals surface area contributed by atoms with Crippen LogP contribution in [0.1, 0.15) is 66.1 Å². The molecule has 0 atom stereocenters. The van der Waals surface area contributed by atoms with Crippen molar-refractivity contribution in [3.05, 3.63) is 51.9 Å². The molecule has 3 aromatic rings. The molecule has 0 bridgehead atoms. The summed E-state index contributed by atoms with van der Waals surface area (Å²) >= 11 is 1.33. The fourth-order valence-corrected chi connectivity index (χ4v) is 4.43. The molecule has 0 fully saturated rings. The predicted octanol–water partition coefficient (Wildman–Crippen LogP) is 5.37. The molecule has 0 aliphatic carbocycles. The maximum Gasteiger partial charge on any atom is 0.341 e. The maximum atomic E-state index is 13.0. The van der Waals surface area contributed by atoms with E-state index in [0.29, 0.717) is 16.1 Å². The third-order valence-electron chi connectivity index (χ3n) is 5.17. The summed E-state index contributed by atoms with van der Waals surface area (Å²) in [5, 5.41) is 12.2. The molecule has 0 spiro atoms. The first-order valence-corrected chi connectivity index (χ1v) is 11.6. The molecule has 0 unspecified atom stereocenters. The number of carbonyl (C=O) groups is 2. The molecule has 1 aromatic carbocycles. The van der Waals surface area contributed by atoms with Gasteiger partial charge in [0.25, 0.3) is 5.91 Å². The zero-order valence-corrected chi connectivity index (χ0v) is 19.9. The number of fused-ring (bicyclic) bond motifs is 1. The third-order valence-corrected chi connectivity index (χ3v) is 6.52. The largest absolute Gasteiger partial charge is 0.462 e. The van der Waals surface area contributed by atoms with E-state index < -0.39 is 11.9 Å². The average Bonchev–Trinajstić information content (AvgIpc) is 3.18. The first-order valence-electron chi connectivity index (χ1n) is 10.8. The number of carbonyl (C=O) groups excluding carboxylic acids is 2. The zero-order chi connectivity index (χ0) is 23.4. The quantitative estimate of drug-likeness (QED) is 0.445. The third kappa shape index (κ3) is 4.85. The summed E-state index contributed by atoms with van der Waals surface area (Å²) in [4.78, 5) is 28.5. The molecule has 2 aromatic heterocycles. The number of rotatable bonds is 8. The van der Waals surface area contributed by atoms with Gasteiger partial charge in [-0.3, -0.25) is 10.2 Å². The Morgan fingerprint density at radius 2 is 1.84 bits per heavy atom. The van der Waals surface area contributed by atoms with Gasteiger partial charge in [0.2, 0.25) is 5.55 Å². The van der Waals surface area contributed by atoms with Gasteiger partial charge in [-0.1, -0.05) is 13.8 Å². The van der Waals surface area contributed by atoms with Crippen molar-refractivity contribution >= 4 is 44.9 Å². The Morgan fingerprint density at radius 1 is 1.12 bits per heavy atom. The number of hydrogen-bond donors (Lipinski definition) is 2. The Hall–Kier alpha value is -3.13. The molecule has 2 heterocycles. The van der Waals surface area contributed by atoms with Crippen LogP contribution in [0.4, 0.5) is 10.7 Å². The lowest BCUT2D eigenvalue weighted by atomic mass is 10.1. The number of thiophene rings is 1. The van der Waals surface area contributed by atoms with Gasteiger partial charge in [0.05, 0.1) is 12.2 Å². The van der Waals surface area contributed by atoms with Gasteiger partial charge in [0, 0.05) is 35.1 Å². The van der Waals surface area contributed by atoms with Crippen molar-refractivity contribution in [3.8, 4) is 0 Å². The number of ether oxygens (including phenoxy) is 1. The first-order chi connectivity index (χ1) is 15.3. The molecular formula is C24H29N3O4S. The summed E-state index contributed by atoms with van der Waals surface area (Å²) in [7, 11) is 0. The molecule has 0 aliphatic heterocycles. The molecule has 2 N–H and O–H groups in total. The summed E-state index contributed by atoms with van der Waals surface area (Å²) < 4.78 is 10.8. The average molecular weight is 456 g/mol. The van der Waals surface area contributed by atoms with Crippen molar-refractivity contribution in [1.29, 1.82) is 5.41 Å². The molecule has 3 rings (SSSR count). The van der Waals surface area contributed by atoms with Crippen LogP contribution in [0.15, 0.2) is 34.7 Å². The fourth-order valence-electron chi connectivity index (χ4n) is 3.39. The summed E-state index contributed by atoms with van der Waals surface area (Å²) in [6.07, 6.45) is 0. The summed E-state index contributed by atoms with van der Waals surface area (Å²) in [6, 6.07) is 9.14. The molecule has 170 valence electrons. The van der Waals surface area contributed by atoms with Gasteiger partial charge in [-0.15, -0.1) is 11.3 Å². The van der Waals surface area contributed by atoms with Crippen molar-refractivity contribution in [2.45, 2.75) is 40.5 Å². The molecular weight excluding hydrogens is 426 g/mol. The van der Waals surface area contributed by atoms with Gasteiger partial charge in [-0.05, 0) is 51.0 Å². The highest BCUT2D eigenvalue weighted by atomic mass is 32.1. The van der Waals surface area contributed by atoms with Crippen LogP contribution >= 0.6 is 11.3 Å². The first kappa shape index (κ1) is 23.5. The Labute approximate surface area is 191 Å². The highest BCUT2D eigenvalue weighted by Crippen LogP contribution is 2.34. The van der Waals surface area contributed by atoms with E-state index in [4.69, 9.17) is 14.6 Å². The Kier molecular flexibility index (Phi) is 7.35. The van der Waals surface area contributed by atoms with Crippen LogP contribution in [-0.4, -0.2) is 31.6 Å². The van der Waals surface area contributed by atoms with Crippen molar-refractivity contribution < 1.29 is 18.7 Å². The van der Waals surface area contributed by atoms with Crippen molar-refractivity contribution in [2.24, 2.45) is 0 Å². The lowest BCUT2D eigenvalue weighted by Crippen LogP contribution is -2.22. The van der Waals surface area contributed by atoms with Gasteiger partial charge in [-0.25, -0.2) is 4.79 Å². The smallest absolute Gasteiger partial charge is 0.341 e. The van der Waals surface area contributed by atoms with Gasteiger partial charge < -0.3 is 19.4 Å². The SMILES string of the molecule is CCOC(=O)c1cc(C(C)C)sc1NC(=O)c1cc2ccc(N(CC)CC)cc2oc1=N. The van der Waals surface area contributed by atoms with E-state index in [9.17, 15) is 9.59 Å². The Morgan fingerprint density at radius 3 is 2.47 bits per heavy atom. The monoisotopic (exact) mass is 455 g/mol. The summed E-state index contributed by atoms with van der Waals surface area (Å²) in [5.74, 6) is -0.790. The van der Waals surface area contributed by atoms with Crippen molar-refractivity contribution in [3.63, 3.8) is 0 Å². The van der Waals surface area contributed by atoms with E-state index in [1.807, 2.05) is 32.0 Å². The Balaban J connectivity index is 1.95. The van der Waals surface area contributed by atoms with Crippen molar-refractivity contribution in [2.75, 3.05) is 29.9 Å². The molecule has 0 saturated carbocycles. The second-order valence-electron chi connectivity index (χ2n) is 7.60. The van der Waals surface area contributed by atoms with Crippen LogP contribution in [-0.2, 0) is 4.74 Å². The van der Waals surface area contributed by atoms with Crippen LogP contribution < -0.4 is 15.8 Å². The van der Waals surface area contributed by atoms with E-state index in [0.717, 1.165) is 29.0 Å². The normalized spacial score (nSPS) is 11.1. The standard InChI is InChI=1S/C24H29N3O4S/c1-6-27(7-2)16-10-9-15-11-17(21(25)31-19(15)12-16)22(28)26-23-18(24(29)30-8-3)13-20(32-23)14(4)5/h9-14,25H,6-8H2,1-5H3,(H,26,28). The minimum atomic E-state index is -0.504. The number of hydrogen-bond acceptors (Lipinski definition) is 7. The van der Waals surface area contributed by atoms with Gasteiger partial charge in [-0.2, -0.15) is 0 Å². The van der Waals surface area contributed by atoms with E-state index >= 15 is 0 Å². The van der Waals surface area contributed by atoms with Crippen LogP contribution in [0.5, 0.6) is 0 Å². The second kappa shape index (κ2) is 9.99. The number of benzene rings is 1. The van der Waals surface area contributed by atoms with Gasteiger partial charge >= 0.3 is 5.97 Å². The number of esters is 1. The zero-order valence-electron chi connectivity index (χ0n) is 19.1. The minimum Gasteiger partial charge on any atom is -0.462 e. The highest BCUT2D eigenvalue weighted by molar-refractivity contribution is 7.16. The van der Waals surface area contributed by atoms with Crippen LogP contribution in [0.2, 0.25) is 0 Å². The van der Waals surface area contributed by atoms with E-state index in [1.54, 1.807) is 19.1 Å². The topological polar surface area (TPSA) is 95.6 Å². The summed E-state index contributed by atoms with van der Waals surface area (Å²) in [5.41, 5.74) is 1.73. The molecule has 8 heteroatoms. The summed E-state index contributed by atoms with van der Waals surface area (Å²) in [6.45, 7) is 11.9. The molecule has 32 heavy (non-hydrogen) atoms. The number of anilines is 2. The van der Waals surface area contributed by atoms with Crippen LogP contribution in [0, 0.1) is 5.41 Å². The predicted molar refractivity (Wildman–Crippen MR) is 128 cm³/mol. The lowest BCUT2D eigenvalue weighted by Gasteiger charge is -2.21. The van der Waals surface area contributed by atoms with Gasteiger partial charge in [0.15, 0.2) is 0 Å². The Bertz CT molecular complexity index is 1190. The molecule has 1 amide bonds. The van der Waals surface area contributed by atoms with Crippen molar-refractivity contribution in [1.82, 2.24) is 0 Å². The van der Waals surface area contributed by atoms with Crippen LogP contribution in [0.25, 0.3) is 11.0 Å². The number of nitrogens with one attached hydrogen (secondary N) is 2.